The summed E-state index contributed by atoms with van der Waals surface area (Å²) in [7, 11) is 0. The number of hydrogen-bond acceptors (Lipinski definition) is 1. The summed E-state index contributed by atoms with van der Waals surface area (Å²) in [6.45, 7) is 1.68. The first-order valence-electron chi connectivity index (χ1n) is 4.61. The van der Waals surface area contributed by atoms with Crippen molar-refractivity contribution in [1.82, 2.24) is 0 Å². The summed E-state index contributed by atoms with van der Waals surface area (Å²) in [4.78, 5) is 0. The second-order valence-electron chi connectivity index (χ2n) is 3.45. The third kappa shape index (κ3) is 3.54. The van der Waals surface area contributed by atoms with E-state index in [0.717, 1.165) is 6.07 Å². The lowest BCUT2D eigenvalue weighted by atomic mass is 10.1. The zero-order valence-corrected chi connectivity index (χ0v) is 9.31. The highest BCUT2D eigenvalue weighted by molar-refractivity contribution is 6.30. The van der Waals surface area contributed by atoms with Crippen LogP contribution in [0.4, 0.5) is 13.2 Å². The fraction of sp³-hybridized carbons (Fsp3) is 0.273. The molecule has 1 unspecified atom stereocenters. The van der Waals surface area contributed by atoms with Gasteiger partial charge in [0.2, 0.25) is 0 Å². The average molecular weight is 250 g/mol. The maximum absolute atomic E-state index is 12.6. The summed E-state index contributed by atoms with van der Waals surface area (Å²) in [5.41, 5.74) is 4.75. The smallest absolute Gasteiger partial charge is 0.325 e. The Morgan fingerprint density at radius 1 is 1.38 bits per heavy atom. The molecule has 0 saturated heterocycles. The van der Waals surface area contributed by atoms with Gasteiger partial charge in [0.1, 0.15) is 0 Å². The minimum atomic E-state index is -4.41. The van der Waals surface area contributed by atoms with Crippen LogP contribution in [0.15, 0.2) is 24.3 Å². The fourth-order valence-corrected chi connectivity index (χ4v) is 1.35. The van der Waals surface area contributed by atoms with Crippen molar-refractivity contribution in [3.8, 4) is 0 Å². The average Bonchev–Trinajstić information content (AvgIpc) is 2.14. The summed E-state index contributed by atoms with van der Waals surface area (Å²) >= 11 is 5.54. The lowest BCUT2D eigenvalue weighted by Crippen LogP contribution is -2.11. The van der Waals surface area contributed by atoms with Crippen LogP contribution in [0.1, 0.15) is 18.1 Å². The van der Waals surface area contributed by atoms with Crippen LogP contribution in [-0.4, -0.2) is 6.04 Å². The van der Waals surface area contributed by atoms with Gasteiger partial charge in [-0.3, -0.25) is 0 Å². The van der Waals surface area contributed by atoms with Crippen LogP contribution >= 0.6 is 11.6 Å². The lowest BCUT2D eigenvalue weighted by Gasteiger charge is -2.10. The maximum Gasteiger partial charge on any atom is 0.417 e. The van der Waals surface area contributed by atoms with E-state index in [9.17, 15) is 13.2 Å². The van der Waals surface area contributed by atoms with Crippen molar-refractivity contribution in [1.29, 1.82) is 0 Å². The van der Waals surface area contributed by atoms with Gasteiger partial charge in [0.25, 0.3) is 0 Å². The summed E-state index contributed by atoms with van der Waals surface area (Å²) in [5, 5.41) is 0.0604. The minimum Gasteiger partial charge on any atom is -0.325 e. The molecule has 0 aromatic heterocycles. The number of alkyl halides is 3. The van der Waals surface area contributed by atoms with Crippen molar-refractivity contribution < 1.29 is 13.2 Å². The zero-order valence-electron chi connectivity index (χ0n) is 8.55. The summed E-state index contributed by atoms with van der Waals surface area (Å²) < 4.78 is 37.9. The van der Waals surface area contributed by atoms with Gasteiger partial charge in [0, 0.05) is 11.1 Å². The molecule has 0 aliphatic rings. The molecule has 0 aliphatic heterocycles. The van der Waals surface area contributed by atoms with E-state index in [-0.39, 0.29) is 16.6 Å². The molecule has 88 valence electrons. The first kappa shape index (κ1) is 13.1. The monoisotopic (exact) mass is 249 g/mol. The van der Waals surface area contributed by atoms with Crippen LogP contribution in [0.25, 0.3) is 6.08 Å². The highest BCUT2D eigenvalue weighted by Crippen LogP contribution is 2.34. The quantitative estimate of drug-likeness (QED) is 0.849. The molecule has 1 aromatic carbocycles. The molecular formula is C11H11ClF3N. The van der Waals surface area contributed by atoms with Crippen LogP contribution in [0.5, 0.6) is 0 Å². The van der Waals surface area contributed by atoms with E-state index >= 15 is 0 Å². The molecule has 0 radical (unpaired) electrons. The van der Waals surface area contributed by atoms with Crippen molar-refractivity contribution in [2.75, 3.05) is 0 Å². The molecule has 0 heterocycles. The van der Waals surface area contributed by atoms with Crippen molar-refractivity contribution in [3.05, 3.63) is 40.4 Å². The Morgan fingerprint density at radius 2 is 2.00 bits per heavy atom. The molecule has 0 aliphatic carbocycles. The van der Waals surface area contributed by atoms with E-state index in [2.05, 4.69) is 0 Å². The number of hydrogen-bond donors (Lipinski definition) is 1. The van der Waals surface area contributed by atoms with Gasteiger partial charge in [0.05, 0.1) is 5.56 Å². The van der Waals surface area contributed by atoms with Gasteiger partial charge in [-0.15, -0.1) is 0 Å². The standard InChI is InChI=1S/C11H11ClF3N/c1-7(16)2-3-8-4-5-9(12)6-10(8)11(13,14)15/h2-7H,16H2,1H3/b3-2+. The second kappa shape index (κ2) is 4.89. The predicted molar refractivity (Wildman–Crippen MR) is 59.1 cm³/mol. The Kier molecular flexibility index (Phi) is 3.99. The van der Waals surface area contributed by atoms with Gasteiger partial charge in [-0.25, -0.2) is 0 Å². The van der Waals surface area contributed by atoms with Gasteiger partial charge < -0.3 is 5.73 Å². The molecule has 0 bridgehead atoms. The number of benzene rings is 1. The van der Waals surface area contributed by atoms with Crippen LogP contribution < -0.4 is 5.73 Å². The van der Waals surface area contributed by atoms with Gasteiger partial charge in [-0.1, -0.05) is 29.8 Å². The molecule has 1 atom stereocenters. The molecule has 0 saturated carbocycles. The van der Waals surface area contributed by atoms with Gasteiger partial charge >= 0.3 is 6.18 Å². The normalized spacial score (nSPS) is 14.4. The second-order valence-corrected chi connectivity index (χ2v) is 3.88. The predicted octanol–water partition coefficient (Wildman–Crippen LogP) is 3.72. The number of rotatable bonds is 2. The van der Waals surface area contributed by atoms with Gasteiger partial charge in [-0.05, 0) is 24.6 Å². The fourth-order valence-electron chi connectivity index (χ4n) is 1.17. The van der Waals surface area contributed by atoms with E-state index in [4.69, 9.17) is 17.3 Å². The van der Waals surface area contributed by atoms with E-state index in [1.165, 1.54) is 24.3 Å². The Balaban J connectivity index is 3.18. The van der Waals surface area contributed by atoms with Gasteiger partial charge in [-0.2, -0.15) is 13.2 Å². The summed E-state index contributed by atoms with van der Waals surface area (Å²) in [6, 6.07) is 3.35. The SMILES string of the molecule is CC(N)/C=C/c1ccc(Cl)cc1C(F)(F)F. The van der Waals surface area contributed by atoms with Crippen LogP contribution in [0, 0.1) is 0 Å². The van der Waals surface area contributed by atoms with Gasteiger partial charge in [0.15, 0.2) is 0 Å². The van der Waals surface area contributed by atoms with E-state index in [1.807, 2.05) is 0 Å². The van der Waals surface area contributed by atoms with Crippen LogP contribution in [-0.2, 0) is 6.18 Å². The van der Waals surface area contributed by atoms with E-state index < -0.39 is 11.7 Å². The first-order valence-corrected chi connectivity index (χ1v) is 4.99. The van der Waals surface area contributed by atoms with Crippen LogP contribution in [0.2, 0.25) is 5.02 Å². The van der Waals surface area contributed by atoms with Crippen LogP contribution in [0.3, 0.4) is 0 Å². The van der Waals surface area contributed by atoms with Crippen molar-refractivity contribution >= 4 is 17.7 Å². The molecule has 16 heavy (non-hydrogen) atoms. The Bertz CT molecular complexity index is 397. The molecule has 2 N–H and O–H groups in total. The molecule has 0 fully saturated rings. The summed E-state index contributed by atoms with van der Waals surface area (Å²) in [5.74, 6) is 0. The molecule has 0 amide bonds. The Labute approximate surface area is 96.7 Å². The highest BCUT2D eigenvalue weighted by Gasteiger charge is 2.32. The highest BCUT2D eigenvalue weighted by atomic mass is 35.5. The number of halogens is 4. The molecule has 1 nitrogen and oxygen atoms in total. The molecule has 5 heteroatoms. The number of nitrogens with two attached hydrogens (primary N) is 1. The minimum absolute atomic E-state index is 0.0604. The van der Waals surface area contributed by atoms with E-state index in [0.29, 0.717) is 0 Å². The van der Waals surface area contributed by atoms with Crippen molar-refractivity contribution in [2.45, 2.75) is 19.1 Å². The molecular weight excluding hydrogens is 239 g/mol. The third-order valence-corrected chi connectivity index (χ3v) is 2.14. The Morgan fingerprint density at radius 3 is 2.50 bits per heavy atom. The molecule has 0 spiro atoms. The van der Waals surface area contributed by atoms with Crippen molar-refractivity contribution in [3.63, 3.8) is 0 Å². The lowest BCUT2D eigenvalue weighted by molar-refractivity contribution is -0.137. The first-order chi connectivity index (χ1) is 7.30. The topological polar surface area (TPSA) is 26.0 Å². The van der Waals surface area contributed by atoms with Crippen molar-refractivity contribution in [2.24, 2.45) is 5.73 Å². The summed E-state index contributed by atoms with van der Waals surface area (Å²) in [6.07, 6.45) is -1.56. The molecule has 1 rings (SSSR count). The third-order valence-electron chi connectivity index (χ3n) is 1.90. The maximum atomic E-state index is 12.6. The molecule has 1 aromatic rings. The largest absolute Gasteiger partial charge is 0.417 e. The Hall–Kier alpha value is -1.00. The van der Waals surface area contributed by atoms with E-state index in [1.54, 1.807) is 6.92 Å². The zero-order chi connectivity index (χ0) is 12.3.